The van der Waals surface area contributed by atoms with Crippen LogP contribution < -0.4 is 0 Å². The largest absolute Gasteiger partial charge is 0.313 e. The molecule has 0 amide bonds. The van der Waals surface area contributed by atoms with Crippen molar-refractivity contribution < 1.29 is 8.42 Å². The summed E-state index contributed by atoms with van der Waals surface area (Å²) in [6.45, 7) is 5.89. The predicted molar refractivity (Wildman–Crippen MR) is 110 cm³/mol. The fraction of sp³-hybridized carbons (Fsp3) is 0.429. The molecule has 7 heteroatoms. The molecular formula is C21H26N4O2S. The van der Waals surface area contributed by atoms with Crippen LogP contribution in [0.2, 0.25) is 0 Å². The smallest absolute Gasteiger partial charge is 0.243 e. The molecule has 0 bridgehead atoms. The number of sulfonamides is 1. The maximum absolute atomic E-state index is 13.1. The van der Waals surface area contributed by atoms with Gasteiger partial charge in [0, 0.05) is 25.8 Å². The van der Waals surface area contributed by atoms with E-state index in [1.807, 2.05) is 31.2 Å². The van der Waals surface area contributed by atoms with Crippen molar-refractivity contribution in [3.63, 3.8) is 0 Å². The Balaban J connectivity index is 1.54. The molecule has 148 valence electrons. The molecule has 1 saturated heterocycles. The molecule has 4 rings (SSSR count). The molecule has 28 heavy (non-hydrogen) atoms. The number of hydrogen-bond acceptors (Lipinski definition) is 4. The molecule has 3 heterocycles. The van der Waals surface area contributed by atoms with Crippen molar-refractivity contribution >= 4 is 21.2 Å². The molecular weight excluding hydrogens is 372 g/mol. The van der Waals surface area contributed by atoms with Crippen LogP contribution in [-0.2, 0) is 23.0 Å². The summed E-state index contributed by atoms with van der Waals surface area (Å²) in [4.78, 5) is 9.43. The topological polar surface area (TPSA) is 68.1 Å². The predicted octanol–water partition coefficient (Wildman–Crippen LogP) is 3.40. The van der Waals surface area contributed by atoms with Crippen LogP contribution in [0.3, 0.4) is 0 Å². The minimum Gasteiger partial charge on any atom is -0.313 e. The van der Waals surface area contributed by atoms with Gasteiger partial charge < -0.3 is 4.57 Å². The normalized spacial score (nSPS) is 18.6. The molecule has 1 atom stereocenters. The first-order valence-electron chi connectivity index (χ1n) is 9.86. The number of hydrogen-bond donors (Lipinski definition) is 0. The van der Waals surface area contributed by atoms with Crippen molar-refractivity contribution in [2.75, 3.05) is 13.1 Å². The van der Waals surface area contributed by atoms with Gasteiger partial charge >= 0.3 is 0 Å². The molecule has 1 aromatic carbocycles. The van der Waals surface area contributed by atoms with Gasteiger partial charge in [0.2, 0.25) is 10.0 Å². The van der Waals surface area contributed by atoms with Gasteiger partial charge in [-0.25, -0.2) is 18.4 Å². The Morgan fingerprint density at radius 3 is 2.71 bits per heavy atom. The maximum atomic E-state index is 13.1. The van der Waals surface area contributed by atoms with Crippen molar-refractivity contribution in [2.45, 2.75) is 44.6 Å². The highest BCUT2D eigenvalue weighted by atomic mass is 32.2. The Morgan fingerprint density at radius 2 is 1.96 bits per heavy atom. The summed E-state index contributed by atoms with van der Waals surface area (Å²) in [6.07, 6.45) is 4.55. The third-order valence-electron chi connectivity index (χ3n) is 5.59. The Hall–Kier alpha value is -2.25. The molecule has 1 aliphatic heterocycles. The van der Waals surface area contributed by atoms with Crippen LogP contribution in [0, 0.1) is 12.8 Å². The monoisotopic (exact) mass is 398 g/mol. The maximum Gasteiger partial charge on any atom is 0.243 e. The van der Waals surface area contributed by atoms with Crippen LogP contribution >= 0.6 is 0 Å². The van der Waals surface area contributed by atoms with Crippen molar-refractivity contribution in [1.29, 1.82) is 0 Å². The minimum absolute atomic E-state index is 0.247. The molecule has 1 unspecified atom stereocenters. The average molecular weight is 399 g/mol. The van der Waals surface area contributed by atoms with Gasteiger partial charge in [-0.15, -0.1) is 0 Å². The van der Waals surface area contributed by atoms with E-state index in [0.717, 1.165) is 48.4 Å². The van der Waals surface area contributed by atoms with Crippen LogP contribution in [0.4, 0.5) is 0 Å². The van der Waals surface area contributed by atoms with E-state index in [1.165, 1.54) is 0 Å². The SMILES string of the molecule is CCc1ccc(S(=O)(=O)N2CCCC(Cn3c(C)nc4cccnc43)C2)cc1. The lowest BCUT2D eigenvalue weighted by Gasteiger charge is -2.32. The van der Waals surface area contributed by atoms with E-state index in [1.54, 1.807) is 22.6 Å². The van der Waals surface area contributed by atoms with Crippen molar-refractivity contribution in [2.24, 2.45) is 5.92 Å². The van der Waals surface area contributed by atoms with Crippen molar-refractivity contribution in [3.8, 4) is 0 Å². The van der Waals surface area contributed by atoms with E-state index in [-0.39, 0.29) is 5.92 Å². The molecule has 1 fully saturated rings. The Labute approximate surface area is 166 Å². The number of piperidine rings is 1. The zero-order valence-corrected chi connectivity index (χ0v) is 17.2. The summed E-state index contributed by atoms with van der Waals surface area (Å²) in [6, 6.07) is 11.1. The molecule has 6 nitrogen and oxygen atoms in total. The lowest BCUT2D eigenvalue weighted by Crippen LogP contribution is -2.41. The lowest BCUT2D eigenvalue weighted by molar-refractivity contribution is 0.245. The van der Waals surface area contributed by atoms with Gasteiger partial charge in [-0.05, 0) is 61.9 Å². The quantitative estimate of drug-likeness (QED) is 0.661. The number of nitrogens with zero attached hydrogens (tertiary/aromatic N) is 4. The zero-order valence-electron chi connectivity index (χ0n) is 16.4. The fourth-order valence-corrected chi connectivity index (χ4v) is 5.54. The second kappa shape index (κ2) is 7.64. The fourth-order valence-electron chi connectivity index (χ4n) is 3.99. The van der Waals surface area contributed by atoms with E-state index in [9.17, 15) is 8.42 Å². The number of rotatable bonds is 5. The van der Waals surface area contributed by atoms with Gasteiger partial charge in [-0.3, -0.25) is 0 Å². The molecule has 0 saturated carbocycles. The van der Waals surface area contributed by atoms with Crippen molar-refractivity contribution in [1.82, 2.24) is 18.8 Å². The minimum atomic E-state index is -3.46. The van der Waals surface area contributed by atoms with Gasteiger partial charge in [-0.2, -0.15) is 4.31 Å². The summed E-state index contributed by atoms with van der Waals surface area (Å²) >= 11 is 0. The van der Waals surface area contributed by atoms with Crippen LogP contribution in [-0.4, -0.2) is 40.3 Å². The van der Waals surface area contributed by atoms with Crippen LogP contribution in [0.15, 0.2) is 47.5 Å². The molecule has 0 aliphatic carbocycles. The van der Waals surface area contributed by atoms with Gasteiger partial charge in [0.15, 0.2) is 5.65 Å². The number of benzene rings is 1. The first-order valence-corrected chi connectivity index (χ1v) is 11.3. The van der Waals surface area contributed by atoms with Gasteiger partial charge in [0.25, 0.3) is 0 Å². The summed E-state index contributed by atoms with van der Waals surface area (Å²) in [5.41, 5.74) is 2.90. The van der Waals surface area contributed by atoms with E-state index >= 15 is 0 Å². The van der Waals surface area contributed by atoms with Gasteiger partial charge in [-0.1, -0.05) is 19.1 Å². The Bertz CT molecular complexity index is 1070. The molecule has 2 aromatic heterocycles. The van der Waals surface area contributed by atoms with E-state index < -0.39 is 10.0 Å². The van der Waals surface area contributed by atoms with Crippen LogP contribution in [0.1, 0.15) is 31.2 Å². The molecule has 0 N–H and O–H groups in total. The Kier molecular flexibility index (Phi) is 5.21. The number of imidazole rings is 1. The molecule has 1 aliphatic rings. The van der Waals surface area contributed by atoms with E-state index in [2.05, 4.69) is 21.5 Å². The highest BCUT2D eigenvalue weighted by Crippen LogP contribution is 2.26. The summed E-state index contributed by atoms with van der Waals surface area (Å²) in [5, 5.41) is 0. The highest BCUT2D eigenvalue weighted by Gasteiger charge is 2.30. The van der Waals surface area contributed by atoms with Crippen LogP contribution in [0.5, 0.6) is 0 Å². The molecule has 0 radical (unpaired) electrons. The first-order chi connectivity index (χ1) is 13.5. The third kappa shape index (κ3) is 3.56. The number of aromatic nitrogens is 3. The van der Waals surface area contributed by atoms with Gasteiger partial charge in [0.05, 0.1) is 4.90 Å². The number of aryl methyl sites for hydroxylation is 2. The molecule has 3 aromatic rings. The standard InChI is InChI=1S/C21H26N4O2S/c1-3-17-8-10-19(11-9-17)28(26,27)24-13-5-6-18(14-24)15-25-16(2)23-20-7-4-12-22-21(20)25/h4,7-12,18H,3,5-6,13-15H2,1-2H3. The number of fused-ring (bicyclic) bond motifs is 1. The summed E-state index contributed by atoms with van der Waals surface area (Å²) < 4.78 is 30.0. The zero-order chi connectivity index (χ0) is 19.7. The third-order valence-corrected chi connectivity index (χ3v) is 7.47. The lowest BCUT2D eigenvalue weighted by atomic mass is 9.99. The van der Waals surface area contributed by atoms with Crippen LogP contribution in [0.25, 0.3) is 11.2 Å². The highest BCUT2D eigenvalue weighted by molar-refractivity contribution is 7.89. The molecule has 0 spiro atoms. The summed E-state index contributed by atoms with van der Waals surface area (Å²) in [7, 11) is -3.46. The van der Waals surface area contributed by atoms with Crippen molar-refractivity contribution in [3.05, 3.63) is 54.0 Å². The summed E-state index contributed by atoms with van der Waals surface area (Å²) in [5.74, 6) is 1.17. The van der Waals surface area contributed by atoms with E-state index in [0.29, 0.717) is 18.0 Å². The average Bonchev–Trinajstić information content (AvgIpc) is 3.03. The van der Waals surface area contributed by atoms with E-state index in [4.69, 9.17) is 0 Å². The number of pyridine rings is 1. The first kappa shape index (κ1) is 19.1. The van der Waals surface area contributed by atoms with Gasteiger partial charge in [0.1, 0.15) is 11.3 Å². The second-order valence-electron chi connectivity index (χ2n) is 7.48. The Morgan fingerprint density at radius 1 is 1.18 bits per heavy atom. The second-order valence-corrected chi connectivity index (χ2v) is 9.42.